The molecular weight excluding hydrogens is 427 g/mol. The van der Waals surface area contributed by atoms with Crippen LogP contribution in [0.4, 0.5) is 0 Å². The van der Waals surface area contributed by atoms with E-state index in [1.54, 1.807) is 0 Å². The van der Waals surface area contributed by atoms with Gasteiger partial charge in [0.25, 0.3) is 0 Å². The third-order valence-corrected chi connectivity index (χ3v) is 6.09. The van der Waals surface area contributed by atoms with Crippen LogP contribution in [-0.4, -0.2) is 0 Å². The number of fused-ring (bicyclic) bond motifs is 3. The SMILES string of the molecule is Ic1ccc2c(c1)C(c1ccccc1)(c1ccccc1)c1ccccc1-2. The molecule has 124 valence electrons. The standard InChI is InChI=1S/C25H17I/c26-20-15-16-22-21-13-7-8-14-23(21)25(24(22)17-20,18-9-3-1-4-10-18)19-11-5-2-6-12-19/h1-17H. The minimum atomic E-state index is -0.268. The molecule has 0 unspecified atom stereocenters. The van der Waals surface area contributed by atoms with Crippen molar-refractivity contribution in [1.82, 2.24) is 0 Å². The van der Waals surface area contributed by atoms with Crippen molar-refractivity contribution in [2.45, 2.75) is 5.41 Å². The van der Waals surface area contributed by atoms with E-state index in [9.17, 15) is 0 Å². The highest BCUT2D eigenvalue weighted by Gasteiger charge is 2.45. The Morgan fingerprint density at radius 3 is 1.69 bits per heavy atom. The minimum Gasteiger partial charge on any atom is -0.0622 e. The van der Waals surface area contributed by atoms with Crippen LogP contribution < -0.4 is 0 Å². The number of rotatable bonds is 2. The van der Waals surface area contributed by atoms with Gasteiger partial charge in [-0.25, -0.2) is 0 Å². The Balaban J connectivity index is 1.99. The van der Waals surface area contributed by atoms with Gasteiger partial charge in [0, 0.05) is 3.57 Å². The van der Waals surface area contributed by atoms with Crippen molar-refractivity contribution in [2.24, 2.45) is 0 Å². The van der Waals surface area contributed by atoms with E-state index in [4.69, 9.17) is 0 Å². The van der Waals surface area contributed by atoms with Gasteiger partial charge in [-0.05, 0) is 68.1 Å². The summed E-state index contributed by atoms with van der Waals surface area (Å²) in [5.74, 6) is 0. The molecule has 0 N–H and O–H groups in total. The molecule has 0 atom stereocenters. The largest absolute Gasteiger partial charge is 0.0713 e. The van der Waals surface area contributed by atoms with Crippen LogP contribution in [0, 0.1) is 3.57 Å². The first-order chi connectivity index (χ1) is 12.8. The molecule has 4 aromatic rings. The molecule has 0 nitrogen and oxygen atoms in total. The lowest BCUT2D eigenvalue weighted by molar-refractivity contribution is 0.768. The zero-order valence-electron chi connectivity index (χ0n) is 14.2. The number of hydrogen-bond acceptors (Lipinski definition) is 0. The zero-order chi connectivity index (χ0) is 17.6. The monoisotopic (exact) mass is 444 g/mol. The smallest absolute Gasteiger partial charge is 0.0622 e. The lowest BCUT2D eigenvalue weighted by atomic mass is 9.68. The molecule has 26 heavy (non-hydrogen) atoms. The molecule has 5 rings (SSSR count). The highest BCUT2D eigenvalue weighted by molar-refractivity contribution is 14.1. The zero-order valence-corrected chi connectivity index (χ0v) is 16.4. The maximum Gasteiger partial charge on any atom is 0.0713 e. The molecule has 1 aliphatic rings. The molecule has 0 saturated carbocycles. The quantitative estimate of drug-likeness (QED) is 0.267. The van der Waals surface area contributed by atoms with Gasteiger partial charge < -0.3 is 0 Å². The van der Waals surface area contributed by atoms with Gasteiger partial charge in [-0.3, -0.25) is 0 Å². The van der Waals surface area contributed by atoms with Gasteiger partial charge in [-0.1, -0.05) is 91.0 Å². The Kier molecular flexibility index (Phi) is 3.71. The van der Waals surface area contributed by atoms with E-state index in [1.165, 1.54) is 37.0 Å². The maximum atomic E-state index is 2.43. The van der Waals surface area contributed by atoms with Crippen molar-refractivity contribution in [1.29, 1.82) is 0 Å². The molecule has 4 aromatic carbocycles. The molecule has 1 aliphatic carbocycles. The summed E-state index contributed by atoms with van der Waals surface area (Å²) in [6.07, 6.45) is 0. The van der Waals surface area contributed by atoms with Crippen LogP contribution >= 0.6 is 22.6 Å². The van der Waals surface area contributed by atoms with E-state index in [0.717, 1.165) is 0 Å². The van der Waals surface area contributed by atoms with E-state index in [1.807, 2.05) is 0 Å². The summed E-state index contributed by atoms with van der Waals surface area (Å²) >= 11 is 2.43. The van der Waals surface area contributed by atoms with Crippen LogP contribution in [0.2, 0.25) is 0 Å². The molecular formula is C25H17I. The summed E-state index contributed by atoms with van der Waals surface area (Å²) in [6.45, 7) is 0. The van der Waals surface area contributed by atoms with Gasteiger partial charge in [-0.15, -0.1) is 0 Å². The summed E-state index contributed by atoms with van der Waals surface area (Å²) < 4.78 is 1.27. The van der Waals surface area contributed by atoms with E-state index >= 15 is 0 Å². The van der Waals surface area contributed by atoms with Crippen LogP contribution in [0.15, 0.2) is 103 Å². The van der Waals surface area contributed by atoms with Crippen LogP contribution in [-0.2, 0) is 5.41 Å². The first-order valence-corrected chi connectivity index (χ1v) is 9.90. The van der Waals surface area contributed by atoms with E-state index < -0.39 is 0 Å². The summed E-state index contributed by atoms with van der Waals surface area (Å²) in [6, 6.07) is 37.5. The molecule has 0 aromatic heterocycles. The summed E-state index contributed by atoms with van der Waals surface area (Å²) in [7, 11) is 0. The number of benzene rings is 4. The Hall–Kier alpha value is -2.39. The molecule has 0 spiro atoms. The van der Waals surface area contributed by atoms with Crippen LogP contribution in [0.5, 0.6) is 0 Å². The van der Waals surface area contributed by atoms with E-state index in [2.05, 4.69) is 126 Å². The molecule has 1 heteroatoms. The second-order valence-corrected chi connectivity index (χ2v) is 7.96. The third-order valence-electron chi connectivity index (χ3n) is 5.42. The average molecular weight is 444 g/mol. The van der Waals surface area contributed by atoms with Crippen LogP contribution in [0.25, 0.3) is 11.1 Å². The molecule has 0 heterocycles. The van der Waals surface area contributed by atoms with Gasteiger partial charge in [0.05, 0.1) is 5.41 Å². The molecule has 0 saturated heterocycles. The van der Waals surface area contributed by atoms with Crippen molar-refractivity contribution in [2.75, 3.05) is 0 Å². The van der Waals surface area contributed by atoms with Crippen molar-refractivity contribution < 1.29 is 0 Å². The average Bonchev–Trinajstić information content (AvgIpc) is 3.00. The maximum absolute atomic E-state index is 2.43. The van der Waals surface area contributed by atoms with Gasteiger partial charge in [0.1, 0.15) is 0 Å². The highest BCUT2D eigenvalue weighted by Crippen LogP contribution is 2.56. The fourth-order valence-electron chi connectivity index (χ4n) is 4.42. The van der Waals surface area contributed by atoms with Gasteiger partial charge in [0.2, 0.25) is 0 Å². The number of halogens is 1. The summed E-state index contributed by atoms with van der Waals surface area (Å²) in [5, 5.41) is 0. The summed E-state index contributed by atoms with van der Waals surface area (Å²) in [4.78, 5) is 0. The molecule has 0 amide bonds. The normalized spacial score (nSPS) is 13.9. The fourth-order valence-corrected chi connectivity index (χ4v) is 4.91. The predicted octanol–water partition coefficient (Wildman–Crippen LogP) is 6.65. The molecule has 0 aliphatic heterocycles. The number of hydrogen-bond donors (Lipinski definition) is 0. The molecule has 0 bridgehead atoms. The predicted molar refractivity (Wildman–Crippen MR) is 116 cm³/mol. The van der Waals surface area contributed by atoms with Crippen LogP contribution in [0.3, 0.4) is 0 Å². The second-order valence-electron chi connectivity index (χ2n) is 6.72. The first-order valence-electron chi connectivity index (χ1n) is 8.83. The van der Waals surface area contributed by atoms with Gasteiger partial charge in [-0.2, -0.15) is 0 Å². The van der Waals surface area contributed by atoms with Gasteiger partial charge >= 0.3 is 0 Å². The summed E-state index contributed by atoms with van der Waals surface area (Å²) in [5.41, 5.74) is 7.80. The van der Waals surface area contributed by atoms with Crippen LogP contribution in [0.1, 0.15) is 22.3 Å². The minimum absolute atomic E-state index is 0.268. The first kappa shape index (κ1) is 15.8. The lowest BCUT2D eigenvalue weighted by Gasteiger charge is -2.33. The second kappa shape index (κ2) is 6.10. The molecule has 0 radical (unpaired) electrons. The Morgan fingerprint density at radius 1 is 0.500 bits per heavy atom. The Morgan fingerprint density at radius 2 is 1.04 bits per heavy atom. The van der Waals surface area contributed by atoms with Crippen molar-refractivity contribution in [3.8, 4) is 11.1 Å². The van der Waals surface area contributed by atoms with E-state index in [-0.39, 0.29) is 5.41 Å². The van der Waals surface area contributed by atoms with Crippen molar-refractivity contribution in [3.05, 3.63) is 129 Å². The van der Waals surface area contributed by atoms with E-state index in [0.29, 0.717) is 0 Å². The van der Waals surface area contributed by atoms with Crippen molar-refractivity contribution >= 4 is 22.6 Å². The topological polar surface area (TPSA) is 0 Å². The lowest BCUT2D eigenvalue weighted by Crippen LogP contribution is -2.28. The Labute approximate surface area is 167 Å². The van der Waals surface area contributed by atoms with Crippen molar-refractivity contribution in [3.63, 3.8) is 0 Å². The third kappa shape index (κ3) is 2.13. The molecule has 0 fully saturated rings. The van der Waals surface area contributed by atoms with Gasteiger partial charge in [0.15, 0.2) is 0 Å². The highest BCUT2D eigenvalue weighted by atomic mass is 127. The fraction of sp³-hybridized carbons (Fsp3) is 0.0400. The Bertz CT molecular complexity index is 1040.